The van der Waals surface area contributed by atoms with E-state index in [1.807, 2.05) is 45.9 Å². The SMILES string of the molecule is CC(Sc1ccc(Br)cc1N)C(=O)OC(C)(C)C. The largest absolute Gasteiger partial charge is 0.459 e. The molecule has 0 aromatic heterocycles. The van der Waals surface area contributed by atoms with Crippen LogP contribution >= 0.6 is 27.7 Å². The van der Waals surface area contributed by atoms with E-state index in [4.69, 9.17) is 10.5 Å². The van der Waals surface area contributed by atoms with E-state index in [1.54, 1.807) is 0 Å². The van der Waals surface area contributed by atoms with Gasteiger partial charge in [0.2, 0.25) is 0 Å². The highest BCUT2D eigenvalue weighted by Crippen LogP contribution is 2.31. The summed E-state index contributed by atoms with van der Waals surface area (Å²) in [5, 5.41) is -0.285. The van der Waals surface area contributed by atoms with Crippen LogP contribution in [0.3, 0.4) is 0 Å². The third kappa shape index (κ3) is 4.90. The minimum Gasteiger partial charge on any atom is -0.459 e. The fraction of sp³-hybridized carbons (Fsp3) is 0.462. The van der Waals surface area contributed by atoms with Crippen molar-refractivity contribution >= 4 is 39.3 Å². The molecular formula is C13H18BrNO2S. The highest BCUT2D eigenvalue weighted by molar-refractivity contribution is 9.10. The van der Waals surface area contributed by atoms with E-state index in [2.05, 4.69) is 15.9 Å². The summed E-state index contributed by atoms with van der Waals surface area (Å²) >= 11 is 4.76. The number of ether oxygens (including phenoxy) is 1. The molecule has 1 rings (SSSR count). The number of benzene rings is 1. The molecule has 0 bridgehead atoms. The summed E-state index contributed by atoms with van der Waals surface area (Å²) in [5.41, 5.74) is 6.09. The lowest BCUT2D eigenvalue weighted by Crippen LogP contribution is -2.28. The minimum absolute atomic E-state index is 0.227. The fourth-order valence-electron chi connectivity index (χ4n) is 1.25. The number of halogens is 1. The molecule has 0 amide bonds. The number of esters is 1. The van der Waals surface area contributed by atoms with Crippen molar-refractivity contribution in [1.82, 2.24) is 0 Å². The van der Waals surface area contributed by atoms with Crippen LogP contribution in [-0.4, -0.2) is 16.8 Å². The maximum absolute atomic E-state index is 11.8. The molecule has 18 heavy (non-hydrogen) atoms. The molecule has 0 aliphatic carbocycles. The number of anilines is 1. The molecule has 0 aliphatic rings. The van der Waals surface area contributed by atoms with Crippen LogP contribution < -0.4 is 5.73 Å². The molecule has 0 spiro atoms. The number of nitrogens with two attached hydrogens (primary N) is 1. The molecule has 1 atom stereocenters. The van der Waals surface area contributed by atoms with E-state index in [9.17, 15) is 4.79 Å². The Balaban J connectivity index is 2.69. The number of carbonyl (C=O) groups is 1. The molecule has 0 radical (unpaired) electrons. The molecule has 3 nitrogen and oxygen atoms in total. The van der Waals surface area contributed by atoms with E-state index in [0.29, 0.717) is 5.69 Å². The zero-order valence-corrected chi connectivity index (χ0v) is 13.4. The average molecular weight is 332 g/mol. The second-order valence-corrected chi connectivity index (χ2v) is 7.27. The van der Waals surface area contributed by atoms with Crippen LogP contribution in [0, 0.1) is 0 Å². The standard InChI is InChI=1S/C13H18BrNO2S/c1-8(12(16)17-13(2,3)4)18-11-6-5-9(14)7-10(11)15/h5-8H,15H2,1-4H3. The van der Waals surface area contributed by atoms with Crippen molar-refractivity contribution in [3.8, 4) is 0 Å². The third-order valence-corrected chi connectivity index (χ3v) is 3.68. The highest BCUT2D eigenvalue weighted by Gasteiger charge is 2.22. The number of carbonyl (C=O) groups excluding carboxylic acids is 1. The third-order valence-electron chi connectivity index (χ3n) is 2.01. The summed E-state index contributed by atoms with van der Waals surface area (Å²) in [6.07, 6.45) is 0. The van der Waals surface area contributed by atoms with Gasteiger partial charge in [0.25, 0.3) is 0 Å². The molecule has 1 aromatic rings. The second kappa shape index (κ2) is 5.97. The summed E-state index contributed by atoms with van der Waals surface area (Å²) in [5.74, 6) is -0.227. The predicted octanol–water partition coefficient (Wildman–Crippen LogP) is 3.85. The van der Waals surface area contributed by atoms with Crippen molar-refractivity contribution < 1.29 is 9.53 Å². The molecular weight excluding hydrogens is 314 g/mol. The van der Waals surface area contributed by atoms with Gasteiger partial charge in [0, 0.05) is 15.1 Å². The lowest BCUT2D eigenvalue weighted by atomic mass is 10.2. The lowest BCUT2D eigenvalue weighted by molar-refractivity contribution is -0.153. The van der Waals surface area contributed by atoms with Crippen LogP contribution in [0.25, 0.3) is 0 Å². The first-order chi connectivity index (χ1) is 8.19. The molecule has 0 saturated heterocycles. The van der Waals surface area contributed by atoms with Gasteiger partial charge in [-0.3, -0.25) is 4.79 Å². The summed E-state index contributed by atoms with van der Waals surface area (Å²) in [7, 11) is 0. The average Bonchev–Trinajstić information content (AvgIpc) is 2.19. The Morgan fingerprint density at radius 3 is 2.56 bits per heavy atom. The summed E-state index contributed by atoms with van der Waals surface area (Å²) in [6, 6.07) is 5.62. The van der Waals surface area contributed by atoms with E-state index >= 15 is 0 Å². The number of thioether (sulfide) groups is 1. The fourth-order valence-corrected chi connectivity index (χ4v) is 2.50. The van der Waals surface area contributed by atoms with Crippen molar-refractivity contribution in [3.05, 3.63) is 22.7 Å². The predicted molar refractivity (Wildman–Crippen MR) is 79.7 cm³/mol. The number of nitrogen functional groups attached to an aromatic ring is 1. The van der Waals surface area contributed by atoms with E-state index < -0.39 is 5.60 Å². The molecule has 0 saturated carbocycles. The van der Waals surface area contributed by atoms with E-state index in [-0.39, 0.29) is 11.2 Å². The van der Waals surface area contributed by atoms with Gasteiger partial charge in [-0.2, -0.15) is 0 Å². The zero-order valence-electron chi connectivity index (χ0n) is 11.0. The van der Waals surface area contributed by atoms with Crippen LogP contribution in [0.5, 0.6) is 0 Å². The maximum Gasteiger partial charge on any atom is 0.319 e. The van der Waals surface area contributed by atoms with Crippen molar-refractivity contribution in [2.45, 2.75) is 43.4 Å². The first-order valence-corrected chi connectivity index (χ1v) is 7.31. The van der Waals surface area contributed by atoms with Gasteiger partial charge in [-0.25, -0.2) is 0 Å². The van der Waals surface area contributed by atoms with Gasteiger partial charge in [-0.1, -0.05) is 15.9 Å². The molecule has 1 unspecified atom stereocenters. The highest BCUT2D eigenvalue weighted by atomic mass is 79.9. The monoisotopic (exact) mass is 331 g/mol. The van der Waals surface area contributed by atoms with Crippen molar-refractivity contribution in [2.24, 2.45) is 0 Å². The number of hydrogen-bond acceptors (Lipinski definition) is 4. The van der Waals surface area contributed by atoms with E-state index in [1.165, 1.54) is 11.8 Å². The Morgan fingerprint density at radius 1 is 1.44 bits per heavy atom. The molecule has 0 heterocycles. The quantitative estimate of drug-likeness (QED) is 0.519. The van der Waals surface area contributed by atoms with Gasteiger partial charge in [-0.15, -0.1) is 11.8 Å². The normalized spacial score (nSPS) is 13.2. The number of rotatable bonds is 3. The molecule has 2 N–H and O–H groups in total. The van der Waals surface area contributed by atoms with E-state index in [0.717, 1.165) is 9.37 Å². The molecule has 0 aliphatic heterocycles. The zero-order chi connectivity index (χ0) is 13.9. The Hall–Kier alpha value is -0.680. The van der Waals surface area contributed by atoms with Crippen molar-refractivity contribution in [1.29, 1.82) is 0 Å². The van der Waals surface area contributed by atoms with Crippen molar-refractivity contribution in [3.63, 3.8) is 0 Å². The smallest absolute Gasteiger partial charge is 0.319 e. The minimum atomic E-state index is -0.461. The summed E-state index contributed by atoms with van der Waals surface area (Å²) < 4.78 is 6.25. The van der Waals surface area contributed by atoms with Gasteiger partial charge in [0.15, 0.2) is 0 Å². The molecule has 1 aromatic carbocycles. The summed E-state index contributed by atoms with van der Waals surface area (Å²) in [4.78, 5) is 12.7. The Morgan fingerprint density at radius 2 is 2.06 bits per heavy atom. The molecule has 5 heteroatoms. The number of hydrogen-bond donors (Lipinski definition) is 1. The van der Waals surface area contributed by atoms with Crippen LogP contribution in [0.4, 0.5) is 5.69 Å². The van der Waals surface area contributed by atoms with Gasteiger partial charge in [0.05, 0.1) is 0 Å². The van der Waals surface area contributed by atoms with Crippen LogP contribution in [0.2, 0.25) is 0 Å². The molecule has 0 fully saturated rings. The summed E-state index contributed by atoms with van der Waals surface area (Å²) in [6.45, 7) is 7.39. The maximum atomic E-state index is 11.8. The van der Waals surface area contributed by atoms with Crippen LogP contribution in [0.1, 0.15) is 27.7 Å². The Labute approximate surface area is 121 Å². The second-order valence-electron chi connectivity index (χ2n) is 4.98. The van der Waals surface area contributed by atoms with Gasteiger partial charge in [-0.05, 0) is 45.9 Å². The first-order valence-electron chi connectivity index (χ1n) is 5.63. The lowest BCUT2D eigenvalue weighted by Gasteiger charge is -2.22. The molecule has 100 valence electrons. The Kier molecular flexibility index (Phi) is 5.10. The van der Waals surface area contributed by atoms with Crippen molar-refractivity contribution in [2.75, 3.05) is 5.73 Å². The first kappa shape index (κ1) is 15.4. The van der Waals surface area contributed by atoms with Crippen LogP contribution in [0.15, 0.2) is 27.6 Å². The topological polar surface area (TPSA) is 52.3 Å². The van der Waals surface area contributed by atoms with Gasteiger partial charge in [0.1, 0.15) is 10.9 Å². The Bertz CT molecular complexity index is 443. The van der Waals surface area contributed by atoms with Gasteiger partial charge < -0.3 is 10.5 Å². The van der Waals surface area contributed by atoms with Crippen LogP contribution in [-0.2, 0) is 9.53 Å². The van der Waals surface area contributed by atoms with Gasteiger partial charge >= 0.3 is 5.97 Å².